The maximum Gasteiger partial charge on any atom is 0.275 e. The van der Waals surface area contributed by atoms with Crippen molar-refractivity contribution in [3.05, 3.63) is 48.4 Å². The summed E-state index contributed by atoms with van der Waals surface area (Å²) in [6, 6.07) is 7.10. The summed E-state index contributed by atoms with van der Waals surface area (Å²) >= 11 is 0. The first kappa shape index (κ1) is 16.1. The lowest BCUT2D eigenvalue weighted by Gasteiger charge is -2.41. The summed E-state index contributed by atoms with van der Waals surface area (Å²) in [4.78, 5) is 20.8. The number of hydrogen-bond donors (Lipinski definition) is 0. The van der Waals surface area contributed by atoms with Gasteiger partial charge in [0.2, 0.25) is 0 Å². The standard InChI is InChI=1S/C19H22FN3O2/c1-19(2)9-13-10-22(18(24)16-11-25-12-21-16)8-7-17(13)23(19)15-5-3-14(20)4-6-15/h3-6,11-13,17H,7-10H2,1-2H3/t13-,17+/m1/s1. The van der Waals surface area contributed by atoms with Gasteiger partial charge in [0.15, 0.2) is 12.1 Å². The molecule has 2 aromatic rings. The number of aromatic nitrogens is 1. The van der Waals surface area contributed by atoms with Gasteiger partial charge in [-0.05, 0) is 56.9 Å². The number of oxazole rings is 1. The zero-order chi connectivity index (χ0) is 17.6. The lowest BCUT2D eigenvalue weighted by Crippen LogP contribution is -2.50. The van der Waals surface area contributed by atoms with Crippen molar-refractivity contribution in [1.82, 2.24) is 9.88 Å². The number of hydrogen-bond acceptors (Lipinski definition) is 4. The molecule has 2 aliphatic rings. The van der Waals surface area contributed by atoms with Crippen LogP contribution in [0.3, 0.4) is 0 Å². The molecule has 0 spiro atoms. The van der Waals surface area contributed by atoms with Crippen molar-refractivity contribution in [3.63, 3.8) is 0 Å². The summed E-state index contributed by atoms with van der Waals surface area (Å²) in [5.74, 6) is 0.111. The van der Waals surface area contributed by atoms with Gasteiger partial charge in [-0.2, -0.15) is 0 Å². The summed E-state index contributed by atoms with van der Waals surface area (Å²) < 4.78 is 18.2. The smallest absolute Gasteiger partial charge is 0.275 e. The number of likely N-dealkylation sites (tertiary alicyclic amines) is 1. The lowest BCUT2D eigenvalue weighted by molar-refractivity contribution is 0.0661. The van der Waals surface area contributed by atoms with Crippen LogP contribution in [0.2, 0.25) is 0 Å². The minimum absolute atomic E-state index is 0.0277. The maximum absolute atomic E-state index is 13.3. The van der Waals surface area contributed by atoms with Gasteiger partial charge in [0.05, 0.1) is 0 Å². The second-order valence-corrected chi connectivity index (χ2v) is 7.60. The maximum atomic E-state index is 13.3. The fourth-order valence-electron chi connectivity index (χ4n) is 4.56. The molecule has 25 heavy (non-hydrogen) atoms. The van der Waals surface area contributed by atoms with E-state index in [-0.39, 0.29) is 17.3 Å². The van der Waals surface area contributed by atoms with Crippen LogP contribution in [0.15, 0.2) is 41.3 Å². The van der Waals surface area contributed by atoms with Crippen LogP contribution in [-0.4, -0.2) is 40.5 Å². The molecule has 5 nitrogen and oxygen atoms in total. The minimum Gasteiger partial charge on any atom is -0.451 e. The average Bonchev–Trinajstić information content (AvgIpc) is 3.19. The van der Waals surface area contributed by atoms with Crippen LogP contribution in [0, 0.1) is 11.7 Å². The first-order chi connectivity index (χ1) is 12.0. The third-order valence-corrected chi connectivity index (χ3v) is 5.48. The monoisotopic (exact) mass is 343 g/mol. The van der Waals surface area contributed by atoms with Gasteiger partial charge in [-0.1, -0.05) is 0 Å². The zero-order valence-corrected chi connectivity index (χ0v) is 14.5. The molecular formula is C19H22FN3O2. The number of rotatable bonds is 2. The second-order valence-electron chi connectivity index (χ2n) is 7.60. The van der Waals surface area contributed by atoms with Crippen molar-refractivity contribution >= 4 is 11.6 Å². The van der Waals surface area contributed by atoms with Crippen LogP contribution >= 0.6 is 0 Å². The minimum atomic E-state index is -0.217. The number of piperidine rings is 1. The van der Waals surface area contributed by atoms with Gasteiger partial charge in [0.1, 0.15) is 12.1 Å². The van der Waals surface area contributed by atoms with Crippen molar-refractivity contribution < 1.29 is 13.6 Å². The van der Waals surface area contributed by atoms with Crippen LogP contribution in [0.25, 0.3) is 0 Å². The van der Waals surface area contributed by atoms with E-state index in [1.807, 2.05) is 17.0 Å². The van der Waals surface area contributed by atoms with Gasteiger partial charge in [0, 0.05) is 30.4 Å². The Kier molecular flexibility index (Phi) is 3.78. The van der Waals surface area contributed by atoms with Crippen LogP contribution in [0.4, 0.5) is 10.1 Å². The average molecular weight is 343 g/mol. The predicted octanol–water partition coefficient (Wildman–Crippen LogP) is 3.33. The Morgan fingerprint density at radius 1 is 1.32 bits per heavy atom. The SMILES string of the molecule is CC1(C)C[C@@H]2CN(C(=O)c3cocn3)CC[C@@H]2N1c1ccc(F)cc1. The van der Waals surface area contributed by atoms with E-state index in [9.17, 15) is 9.18 Å². The molecule has 0 bridgehead atoms. The number of anilines is 1. The van der Waals surface area contributed by atoms with Crippen molar-refractivity contribution in [2.45, 2.75) is 38.3 Å². The number of fused-ring (bicyclic) bond motifs is 1. The summed E-state index contributed by atoms with van der Waals surface area (Å²) in [5, 5.41) is 0. The highest BCUT2D eigenvalue weighted by molar-refractivity contribution is 5.92. The van der Waals surface area contributed by atoms with Crippen LogP contribution in [-0.2, 0) is 0 Å². The Morgan fingerprint density at radius 3 is 2.76 bits per heavy atom. The number of amides is 1. The number of carbonyl (C=O) groups is 1. The third-order valence-electron chi connectivity index (χ3n) is 5.48. The van der Waals surface area contributed by atoms with Crippen molar-refractivity contribution in [1.29, 1.82) is 0 Å². The fourth-order valence-corrected chi connectivity index (χ4v) is 4.56. The first-order valence-electron chi connectivity index (χ1n) is 8.68. The van der Waals surface area contributed by atoms with Crippen molar-refractivity contribution in [2.75, 3.05) is 18.0 Å². The molecule has 0 aliphatic carbocycles. The lowest BCUT2D eigenvalue weighted by atomic mass is 9.89. The Bertz CT molecular complexity index is 757. The Morgan fingerprint density at radius 2 is 2.08 bits per heavy atom. The normalized spacial score (nSPS) is 25.1. The van der Waals surface area contributed by atoms with Gasteiger partial charge in [-0.3, -0.25) is 4.79 Å². The predicted molar refractivity (Wildman–Crippen MR) is 91.9 cm³/mol. The Labute approximate surface area is 146 Å². The largest absolute Gasteiger partial charge is 0.451 e. The molecule has 0 N–H and O–H groups in total. The van der Waals surface area contributed by atoms with E-state index >= 15 is 0 Å². The van der Waals surface area contributed by atoms with Crippen LogP contribution in [0.5, 0.6) is 0 Å². The molecule has 3 heterocycles. The molecule has 0 saturated carbocycles. The second kappa shape index (κ2) is 5.86. The molecule has 2 saturated heterocycles. The summed E-state index contributed by atoms with van der Waals surface area (Å²) in [7, 11) is 0. The topological polar surface area (TPSA) is 49.6 Å². The molecule has 1 amide bonds. The van der Waals surface area contributed by atoms with E-state index in [1.54, 1.807) is 0 Å². The third kappa shape index (κ3) is 2.79. The summed E-state index contributed by atoms with van der Waals surface area (Å²) in [5.41, 5.74) is 1.39. The van der Waals surface area contributed by atoms with Gasteiger partial charge >= 0.3 is 0 Å². The molecule has 0 radical (unpaired) electrons. The highest BCUT2D eigenvalue weighted by atomic mass is 19.1. The molecule has 6 heteroatoms. The summed E-state index contributed by atoms with van der Waals surface area (Å²) in [6.07, 6.45) is 4.58. The highest BCUT2D eigenvalue weighted by Gasteiger charge is 2.48. The Balaban J connectivity index is 1.55. The molecule has 2 fully saturated rings. The van der Waals surface area contributed by atoms with E-state index in [0.717, 1.165) is 25.1 Å². The van der Waals surface area contributed by atoms with E-state index in [0.29, 0.717) is 24.2 Å². The molecule has 2 aliphatic heterocycles. The zero-order valence-electron chi connectivity index (χ0n) is 14.5. The molecule has 0 unspecified atom stereocenters. The highest BCUT2D eigenvalue weighted by Crippen LogP contribution is 2.44. The van der Waals surface area contributed by atoms with Gasteiger partial charge in [0.25, 0.3) is 5.91 Å². The quantitative estimate of drug-likeness (QED) is 0.839. The number of benzene rings is 1. The molecular weight excluding hydrogens is 321 g/mol. The molecule has 1 aromatic heterocycles. The van der Waals surface area contributed by atoms with E-state index in [2.05, 4.69) is 23.7 Å². The van der Waals surface area contributed by atoms with E-state index in [1.165, 1.54) is 24.8 Å². The fraction of sp³-hybridized carbons (Fsp3) is 0.474. The summed E-state index contributed by atoms with van der Waals surface area (Å²) in [6.45, 7) is 5.86. The number of carbonyl (C=O) groups excluding carboxylic acids is 1. The van der Waals surface area contributed by atoms with Crippen molar-refractivity contribution in [3.8, 4) is 0 Å². The van der Waals surface area contributed by atoms with Gasteiger partial charge in [-0.25, -0.2) is 9.37 Å². The molecule has 4 rings (SSSR count). The molecule has 1 aromatic carbocycles. The number of halogens is 1. The number of nitrogens with zero attached hydrogens (tertiary/aromatic N) is 3. The van der Waals surface area contributed by atoms with Crippen LogP contribution < -0.4 is 4.90 Å². The first-order valence-corrected chi connectivity index (χ1v) is 8.68. The molecule has 132 valence electrons. The van der Waals surface area contributed by atoms with Gasteiger partial charge < -0.3 is 14.2 Å². The van der Waals surface area contributed by atoms with Gasteiger partial charge in [-0.15, -0.1) is 0 Å². The van der Waals surface area contributed by atoms with E-state index < -0.39 is 0 Å². The Hall–Kier alpha value is -2.37. The molecule has 2 atom stereocenters. The van der Waals surface area contributed by atoms with E-state index in [4.69, 9.17) is 4.42 Å². The van der Waals surface area contributed by atoms with Crippen LogP contribution in [0.1, 0.15) is 37.2 Å². The van der Waals surface area contributed by atoms with Crippen molar-refractivity contribution in [2.24, 2.45) is 5.92 Å².